The van der Waals surface area contributed by atoms with Gasteiger partial charge in [-0.2, -0.15) is 5.26 Å². The van der Waals surface area contributed by atoms with Crippen LogP contribution >= 0.6 is 0 Å². The number of nitrogens with zero attached hydrogens (tertiary/aromatic N) is 1. The Bertz CT molecular complexity index is 647. The Morgan fingerprint density at radius 2 is 1.95 bits per heavy atom. The highest BCUT2D eigenvalue weighted by molar-refractivity contribution is 5.47. The number of ether oxygens (including phenoxy) is 1. The van der Waals surface area contributed by atoms with Gasteiger partial charge in [-0.05, 0) is 30.7 Å². The van der Waals surface area contributed by atoms with Gasteiger partial charge in [-0.3, -0.25) is 0 Å². The van der Waals surface area contributed by atoms with Crippen molar-refractivity contribution < 1.29 is 9.13 Å². The first-order valence-electron chi connectivity index (χ1n) is 6.70. The number of hydrogen-bond donors (Lipinski definition) is 1. The van der Waals surface area contributed by atoms with Crippen LogP contribution in [0.2, 0.25) is 0 Å². The molecule has 0 heterocycles. The van der Waals surface area contributed by atoms with Crippen molar-refractivity contribution in [3.05, 3.63) is 59.4 Å². The number of halogens is 1. The summed E-state index contributed by atoms with van der Waals surface area (Å²) in [6.07, 6.45) is 0.392. The number of nitrogens with one attached hydrogen (secondary N) is 1. The summed E-state index contributed by atoms with van der Waals surface area (Å²) in [7, 11) is 1.51. The minimum Gasteiger partial charge on any atom is -0.497 e. The van der Waals surface area contributed by atoms with Gasteiger partial charge in [0.1, 0.15) is 11.6 Å². The molecule has 1 N–H and O–H groups in total. The molecule has 1 unspecified atom stereocenters. The molecule has 0 aromatic heterocycles. The van der Waals surface area contributed by atoms with Gasteiger partial charge in [-0.1, -0.05) is 18.2 Å². The zero-order valence-corrected chi connectivity index (χ0v) is 12.1. The molecule has 2 rings (SSSR count). The third-order valence-electron chi connectivity index (χ3n) is 3.29. The van der Waals surface area contributed by atoms with Crippen molar-refractivity contribution in [2.75, 3.05) is 12.4 Å². The Balaban J connectivity index is 2.10. The van der Waals surface area contributed by atoms with Crippen LogP contribution in [0.15, 0.2) is 42.5 Å². The highest BCUT2D eigenvalue weighted by atomic mass is 19.1. The lowest BCUT2D eigenvalue weighted by Crippen LogP contribution is -2.08. The zero-order chi connectivity index (χ0) is 15.2. The summed E-state index contributed by atoms with van der Waals surface area (Å²) in [5.41, 5.74) is 2.43. The second kappa shape index (κ2) is 6.76. The van der Waals surface area contributed by atoms with Crippen molar-refractivity contribution in [2.45, 2.75) is 19.4 Å². The predicted octanol–water partition coefficient (Wildman–Crippen LogP) is 4.07. The second-order valence-electron chi connectivity index (χ2n) is 4.79. The van der Waals surface area contributed by atoms with Crippen molar-refractivity contribution in [2.24, 2.45) is 0 Å². The number of benzene rings is 2. The van der Waals surface area contributed by atoms with Gasteiger partial charge in [0.15, 0.2) is 0 Å². The van der Waals surface area contributed by atoms with Crippen molar-refractivity contribution in [3.8, 4) is 11.8 Å². The summed E-state index contributed by atoms with van der Waals surface area (Å²) in [5, 5.41) is 11.9. The summed E-state index contributed by atoms with van der Waals surface area (Å²) in [5.74, 6) is 0.208. The fourth-order valence-electron chi connectivity index (χ4n) is 2.12. The largest absolute Gasteiger partial charge is 0.497 e. The Morgan fingerprint density at radius 1 is 1.24 bits per heavy atom. The maximum Gasteiger partial charge on any atom is 0.132 e. The number of hydrogen-bond acceptors (Lipinski definition) is 3. The van der Waals surface area contributed by atoms with E-state index in [0.717, 1.165) is 11.3 Å². The molecule has 2 aromatic carbocycles. The van der Waals surface area contributed by atoms with E-state index in [9.17, 15) is 4.39 Å². The topological polar surface area (TPSA) is 45.0 Å². The average molecular weight is 284 g/mol. The molecule has 1 atom stereocenters. The molecule has 0 saturated heterocycles. The molecule has 0 aliphatic rings. The lowest BCUT2D eigenvalue weighted by atomic mass is 10.1. The third-order valence-corrected chi connectivity index (χ3v) is 3.29. The average Bonchev–Trinajstić information content (AvgIpc) is 2.49. The van der Waals surface area contributed by atoms with Gasteiger partial charge < -0.3 is 10.1 Å². The van der Waals surface area contributed by atoms with E-state index in [1.165, 1.54) is 13.2 Å². The fraction of sp³-hybridized carbons (Fsp3) is 0.235. The number of rotatable bonds is 5. The summed E-state index contributed by atoms with van der Waals surface area (Å²) >= 11 is 0. The van der Waals surface area contributed by atoms with E-state index in [1.807, 2.05) is 31.2 Å². The zero-order valence-electron chi connectivity index (χ0n) is 12.1. The maximum absolute atomic E-state index is 14.0. The van der Waals surface area contributed by atoms with Crippen molar-refractivity contribution in [1.29, 1.82) is 5.26 Å². The quantitative estimate of drug-likeness (QED) is 0.900. The monoisotopic (exact) mass is 284 g/mol. The first kappa shape index (κ1) is 14.9. The minimum atomic E-state index is -0.296. The van der Waals surface area contributed by atoms with Crippen LogP contribution < -0.4 is 10.1 Å². The molecular formula is C17H17FN2O. The fourth-order valence-corrected chi connectivity index (χ4v) is 2.12. The third kappa shape index (κ3) is 3.73. The highest BCUT2D eigenvalue weighted by Crippen LogP contribution is 2.25. The normalized spacial score (nSPS) is 11.5. The van der Waals surface area contributed by atoms with Crippen LogP contribution in [-0.4, -0.2) is 7.11 Å². The molecule has 0 bridgehead atoms. The molecule has 0 saturated carbocycles. The Hall–Kier alpha value is -2.54. The van der Waals surface area contributed by atoms with Gasteiger partial charge >= 0.3 is 0 Å². The molecule has 21 heavy (non-hydrogen) atoms. The Kier molecular flexibility index (Phi) is 4.78. The van der Waals surface area contributed by atoms with Crippen LogP contribution in [0.25, 0.3) is 0 Å². The molecule has 0 radical (unpaired) electrons. The van der Waals surface area contributed by atoms with Crippen molar-refractivity contribution >= 4 is 5.69 Å². The Morgan fingerprint density at radius 3 is 2.52 bits per heavy atom. The van der Waals surface area contributed by atoms with Crippen LogP contribution in [0.1, 0.15) is 24.1 Å². The number of methoxy groups -OCH3 is 1. The second-order valence-corrected chi connectivity index (χ2v) is 4.79. The van der Waals surface area contributed by atoms with Crippen LogP contribution in [-0.2, 0) is 6.42 Å². The van der Waals surface area contributed by atoms with E-state index in [1.54, 1.807) is 12.1 Å². The van der Waals surface area contributed by atoms with Gasteiger partial charge in [0.25, 0.3) is 0 Å². The van der Waals surface area contributed by atoms with E-state index in [-0.39, 0.29) is 11.9 Å². The lowest BCUT2D eigenvalue weighted by Gasteiger charge is -2.17. The van der Waals surface area contributed by atoms with E-state index in [4.69, 9.17) is 10.00 Å². The smallest absolute Gasteiger partial charge is 0.132 e. The highest BCUT2D eigenvalue weighted by Gasteiger charge is 2.11. The lowest BCUT2D eigenvalue weighted by molar-refractivity contribution is 0.410. The summed E-state index contributed by atoms with van der Waals surface area (Å²) < 4.78 is 19.0. The SMILES string of the molecule is COc1ccc(C(C)Nc2ccc(CC#N)cc2)c(F)c1. The van der Waals surface area contributed by atoms with Crippen LogP contribution in [0, 0.1) is 17.1 Å². The molecule has 108 valence electrons. The molecule has 0 fully saturated rings. The van der Waals surface area contributed by atoms with E-state index < -0.39 is 0 Å². The van der Waals surface area contributed by atoms with E-state index >= 15 is 0 Å². The van der Waals surface area contributed by atoms with Crippen molar-refractivity contribution in [3.63, 3.8) is 0 Å². The van der Waals surface area contributed by atoms with Gasteiger partial charge in [-0.15, -0.1) is 0 Å². The van der Waals surface area contributed by atoms with E-state index in [0.29, 0.717) is 17.7 Å². The molecule has 3 nitrogen and oxygen atoms in total. The number of nitriles is 1. The maximum atomic E-state index is 14.0. The van der Waals surface area contributed by atoms with Gasteiger partial charge in [0.05, 0.1) is 25.6 Å². The number of anilines is 1. The molecule has 2 aromatic rings. The molecule has 0 amide bonds. The standard InChI is InChI=1S/C17H17FN2O/c1-12(16-8-7-15(21-2)11-17(16)18)20-14-5-3-13(4-6-14)9-10-19/h3-8,11-12,20H,9H2,1-2H3. The van der Waals surface area contributed by atoms with Crippen LogP contribution in [0.5, 0.6) is 5.75 Å². The van der Waals surface area contributed by atoms with E-state index in [2.05, 4.69) is 11.4 Å². The van der Waals surface area contributed by atoms with Gasteiger partial charge in [-0.25, -0.2) is 4.39 Å². The molecule has 0 aliphatic heterocycles. The van der Waals surface area contributed by atoms with Gasteiger partial charge in [0, 0.05) is 17.3 Å². The Labute approximate surface area is 124 Å². The van der Waals surface area contributed by atoms with Crippen molar-refractivity contribution in [1.82, 2.24) is 0 Å². The first-order valence-corrected chi connectivity index (χ1v) is 6.70. The molecule has 0 aliphatic carbocycles. The van der Waals surface area contributed by atoms with Gasteiger partial charge in [0.2, 0.25) is 0 Å². The predicted molar refractivity (Wildman–Crippen MR) is 80.7 cm³/mol. The molecule has 0 spiro atoms. The summed E-state index contributed by atoms with van der Waals surface area (Å²) in [4.78, 5) is 0. The summed E-state index contributed by atoms with van der Waals surface area (Å²) in [6, 6.07) is 14.3. The molecule has 4 heteroatoms. The summed E-state index contributed by atoms with van der Waals surface area (Å²) in [6.45, 7) is 1.90. The first-order chi connectivity index (χ1) is 10.1. The van der Waals surface area contributed by atoms with Crippen LogP contribution in [0.4, 0.5) is 10.1 Å². The van der Waals surface area contributed by atoms with Crippen LogP contribution in [0.3, 0.4) is 0 Å². The molecular weight excluding hydrogens is 267 g/mol. The minimum absolute atomic E-state index is 0.169.